The summed E-state index contributed by atoms with van der Waals surface area (Å²) in [5, 5.41) is 19.7. The molecular weight excluding hydrogens is 218 g/mol. The molecule has 0 aliphatic carbocycles. The van der Waals surface area contributed by atoms with Gasteiger partial charge in [0, 0.05) is 25.2 Å². The van der Waals surface area contributed by atoms with Crippen molar-refractivity contribution in [2.75, 3.05) is 11.9 Å². The Labute approximate surface area is 100 Å². The van der Waals surface area contributed by atoms with Gasteiger partial charge >= 0.3 is 0 Å². The Kier molecular flexibility index (Phi) is 4.05. The van der Waals surface area contributed by atoms with E-state index in [4.69, 9.17) is 5.26 Å². The molecule has 1 aromatic carbocycles. The number of nitro groups is 1. The summed E-state index contributed by atoms with van der Waals surface area (Å²) in [6.07, 6.45) is 0.943. The summed E-state index contributed by atoms with van der Waals surface area (Å²) >= 11 is 0. The molecule has 5 heteroatoms. The van der Waals surface area contributed by atoms with E-state index in [0.29, 0.717) is 5.56 Å². The minimum absolute atomic E-state index is 0.0529. The molecule has 1 atom stereocenters. The largest absolute Gasteiger partial charge is 0.371 e. The molecule has 0 aliphatic rings. The summed E-state index contributed by atoms with van der Waals surface area (Å²) < 4.78 is 0. The topological polar surface area (TPSA) is 70.2 Å². The number of hydrogen-bond acceptors (Lipinski definition) is 4. The monoisotopic (exact) mass is 233 g/mol. The van der Waals surface area contributed by atoms with Gasteiger partial charge in [0.25, 0.3) is 5.69 Å². The van der Waals surface area contributed by atoms with Crippen LogP contribution in [0.2, 0.25) is 0 Å². The summed E-state index contributed by atoms with van der Waals surface area (Å²) in [5.41, 5.74) is 1.01. The van der Waals surface area contributed by atoms with Gasteiger partial charge in [0.1, 0.15) is 6.07 Å². The quantitative estimate of drug-likeness (QED) is 0.592. The molecule has 0 spiro atoms. The number of hydrogen-bond donors (Lipinski definition) is 0. The van der Waals surface area contributed by atoms with E-state index < -0.39 is 4.92 Å². The van der Waals surface area contributed by atoms with Crippen molar-refractivity contribution in [2.45, 2.75) is 26.3 Å². The van der Waals surface area contributed by atoms with Gasteiger partial charge in [0.2, 0.25) is 0 Å². The molecule has 90 valence electrons. The van der Waals surface area contributed by atoms with Gasteiger partial charge < -0.3 is 4.90 Å². The molecule has 0 heterocycles. The number of nitrogens with zero attached hydrogens (tertiary/aromatic N) is 3. The van der Waals surface area contributed by atoms with E-state index in [1.54, 1.807) is 6.07 Å². The normalized spacial score (nSPS) is 11.6. The van der Waals surface area contributed by atoms with Crippen molar-refractivity contribution in [1.29, 1.82) is 5.26 Å². The zero-order chi connectivity index (χ0) is 13.0. The second kappa shape index (κ2) is 5.30. The van der Waals surface area contributed by atoms with E-state index in [9.17, 15) is 10.1 Å². The summed E-state index contributed by atoms with van der Waals surface area (Å²) in [6, 6.07) is 6.65. The first-order valence-corrected chi connectivity index (χ1v) is 5.42. The van der Waals surface area contributed by atoms with Crippen LogP contribution in [0.3, 0.4) is 0 Å². The Bertz CT molecular complexity index is 465. The summed E-state index contributed by atoms with van der Waals surface area (Å²) in [5.74, 6) is 0. The predicted molar refractivity (Wildman–Crippen MR) is 66.0 cm³/mol. The van der Waals surface area contributed by atoms with Gasteiger partial charge in [-0.25, -0.2) is 0 Å². The number of rotatable bonds is 4. The lowest BCUT2D eigenvalue weighted by atomic mass is 10.1. The summed E-state index contributed by atoms with van der Waals surface area (Å²) in [6.45, 7) is 4.10. The lowest BCUT2D eigenvalue weighted by molar-refractivity contribution is -0.384. The third-order valence-corrected chi connectivity index (χ3v) is 2.94. The third-order valence-electron chi connectivity index (χ3n) is 2.94. The molecule has 0 saturated carbocycles. The van der Waals surface area contributed by atoms with Crippen LogP contribution in [0.5, 0.6) is 0 Å². The van der Waals surface area contributed by atoms with Gasteiger partial charge in [-0.15, -0.1) is 0 Å². The van der Waals surface area contributed by atoms with Gasteiger partial charge in [-0.3, -0.25) is 10.1 Å². The first-order valence-electron chi connectivity index (χ1n) is 5.42. The molecule has 0 fully saturated rings. The molecule has 0 saturated heterocycles. The van der Waals surface area contributed by atoms with E-state index in [1.807, 2.05) is 24.9 Å². The summed E-state index contributed by atoms with van der Waals surface area (Å²) in [4.78, 5) is 12.1. The van der Waals surface area contributed by atoms with Gasteiger partial charge in [-0.1, -0.05) is 6.92 Å². The van der Waals surface area contributed by atoms with Crippen molar-refractivity contribution in [3.05, 3.63) is 33.9 Å². The lowest BCUT2D eigenvalue weighted by Crippen LogP contribution is -2.28. The van der Waals surface area contributed by atoms with Crippen LogP contribution in [-0.2, 0) is 0 Å². The molecule has 0 aromatic heterocycles. The molecule has 0 bridgehead atoms. The van der Waals surface area contributed by atoms with Crippen LogP contribution in [0.15, 0.2) is 18.2 Å². The average molecular weight is 233 g/mol. The number of anilines is 1. The molecular formula is C12H15N3O2. The highest BCUT2D eigenvalue weighted by molar-refractivity contribution is 5.62. The van der Waals surface area contributed by atoms with Crippen molar-refractivity contribution in [2.24, 2.45) is 0 Å². The first kappa shape index (κ1) is 13.0. The maximum atomic E-state index is 10.6. The van der Waals surface area contributed by atoms with E-state index >= 15 is 0 Å². The maximum Gasteiger partial charge on any atom is 0.270 e. The number of non-ortho nitro benzene ring substituents is 1. The van der Waals surface area contributed by atoms with Crippen LogP contribution in [0.25, 0.3) is 0 Å². The van der Waals surface area contributed by atoms with Crippen molar-refractivity contribution >= 4 is 11.4 Å². The molecule has 1 unspecified atom stereocenters. The maximum absolute atomic E-state index is 10.6. The van der Waals surface area contributed by atoms with E-state index in [1.165, 1.54) is 12.1 Å². The predicted octanol–water partition coefficient (Wildman–Crippen LogP) is 2.70. The zero-order valence-corrected chi connectivity index (χ0v) is 10.2. The van der Waals surface area contributed by atoms with Gasteiger partial charge in [0.15, 0.2) is 0 Å². The number of benzene rings is 1. The van der Waals surface area contributed by atoms with Crippen LogP contribution in [0.4, 0.5) is 11.4 Å². The smallest absolute Gasteiger partial charge is 0.270 e. The minimum Gasteiger partial charge on any atom is -0.371 e. The van der Waals surface area contributed by atoms with E-state index in [0.717, 1.165) is 12.1 Å². The molecule has 1 aromatic rings. The second-order valence-electron chi connectivity index (χ2n) is 3.94. The van der Waals surface area contributed by atoms with Crippen molar-refractivity contribution in [1.82, 2.24) is 0 Å². The Balaban J connectivity index is 3.18. The van der Waals surface area contributed by atoms with Crippen molar-refractivity contribution < 1.29 is 4.92 Å². The lowest BCUT2D eigenvalue weighted by Gasteiger charge is -2.26. The minimum atomic E-state index is -0.492. The van der Waals surface area contributed by atoms with Crippen LogP contribution in [-0.4, -0.2) is 18.0 Å². The van der Waals surface area contributed by atoms with Crippen LogP contribution >= 0.6 is 0 Å². The number of nitriles is 1. The highest BCUT2D eigenvalue weighted by atomic mass is 16.6. The second-order valence-corrected chi connectivity index (χ2v) is 3.94. The average Bonchev–Trinajstić information content (AvgIpc) is 2.35. The van der Waals surface area contributed by atoms with Crippen LogP contribution in [0.1, 0.15) is 25.8 Å². The molecule has 5 nitrogen and oxygen atoms in total. The standard InChI is InChI=1S/C12H15N3O2/c1-4-9(2)14(3)12-6-5-11(15(16)17)7-10(12)8-13/h5-7,9H,4H2,1-3H3. The molecule has 0 N–H and O–H groups in total. The van der Waals surface area contributed by atoms with Gasteiger partial charge in [-0.2, -0.15) is 5.26 Å². The SMILES string of the molecule is CCC(C)N(C)c1ccc([N+](=O)[O-])cc1C#N. The zero-order valence-electron chi connectivity index (χ0n) is 10.2. The number of nitro benzene ring substituents is 1. The third kappa shape index (κ3) is 2.72. The Morgan fingerprint density at radius 3 is 2.71 bits per heavy atom. The first-order chi connectivity index (χ1) is 8.01. The molecule has 0 radical (unpaired) electrons. The van der Waals surface area contributed by atoms with Gasteiger partial charge in [0.05, 0.1) is 16.2 Å². The Hall–Kier alpha value is -2.09. The Morgan fingerprint density at radius 1 is 1.59 bits per heavy atom. The van der Waals surface area contributed by atoms with E-state index in [-0.39, 0.29) is 11.7 Å². The van der Waals surface area contributed by atoms with Crippen molar-refractivity contribution in [3.63, 3.8) is 0 Å². The summed E-state index contributed by atoms with van der Waals surface area (Å²) in [7, 11) is 1.89. The fourth-order valence-electron chi connectivity index (χ4n) is 1.55. The van der Waals surface area contributed by atoms with E-state index in [2.05, 4.69) is 6.92 Å². The highest BCUT2D eigenvalue weighted by Crippen LogP contribution is 2.25. The molecule has 1 rings (SSSR count). The highest BCUT2D eigenvalue weighted by Gasteiger charge is 2.15. The van der Waals surface area contributed by atoms with Crippen LogP contribution in [0, 0.1) is 21.4 Å². The molecule has 0 aliphatic heterocycles. The fraction of sp³-hybridized carbons (Fsp3) is 0.417. The Morgan fingerprint density at radius 2 is 2.24 bits per heavy atom. The van der Waals surface area contributed by atoms with Crippen LogP contribution < -0.4 is 4.90 Å². The fourth-order valence-corrected chi connectivity index (χ4v) is 1.55. The van der Waals surface area contributed by atoms with Crippen molar-refractivity contribution in [3.8, 4) is 6.07 Å². The molecule has 0 amide bonds. The van der Waals surface area contributed by atoms with Gasteiger partial charge in [-0.05, 0) is 19.4 Å². The molecule has 17 heavy (non-hydrogen) atoms.